The van der Waals surface area contributed by atoms with Crippen LogP contribution in [0.2, 0.25) is 0 Å². The van der Waals surface area contributed by atoms with Gasteiger partial charge in [0.1, 0.15) is 0 Å². The van der Waals surface area contributed by atoms with E-state index in [2.05, 4.69) is 65.8 Å². The minimum atomic E-state index is -0.736. The van der Waals surface area contributed by atoms with Crippen LogP contribution < -0.4 is 0 Å². The quantitative estimate of drug-likeness (QED) is 0.865. The smallest absolute Gasteiger partial charge is 0.303 e. The SMILES string of the molecule is CC(C)(C)c1ccc(C(CC(=O)O)C(C)(C)C)cc1. The van der Waals surface area contributed by atoms with Gasteiger partial charge in [0.15, 0.2) is 0 Å². The number of rotatable bonds is 3. The molecule has 0 aliphatic rings. The van der Waals surface area contributed by atoms with Crippen molar-refractivity contribution in [1.29, 1.82) is 0 Å². The van der Waals surface area contributed by atoms with E-state index < -0.39 is 5.97 Å². The van der Waals surface area contributed by atoms with Gasteiger partial charge in [0.05, 0.1) is 6.42 Å². The van der Waals surface area contributed by atoms with Crippen molar-refractivity contribution in [3.05, 3.63) is 35.4 Å². The molecule has 2 heteroatoms. The van der Waals surface area contributed by atoms with Crippen molar-refractivity contribution in [2.45, 2.75) is 59.3 Å². The van der Waals surface area contributed by atoms with Crippen LogP contribution in [0.1, 0.15) is 65.0 Å². The van der Waals surface area contributed by atoms with E-state index in [0.717, 1.165) is 5.56 Å². The fraction of sp³-hybridized carbons (Fsp3) is 0.588. The zero-order valence-corrected chi connectivity index (χ0v) is 12.9. The van der Waals surface area contributed by atoms with E-state index in [-0.39, 0.29) is 23.2 Å². The van der Waals surface area contributed by atoms with Gasteiger partial charge in [0.2, 0.25) is 0 Å². The lowest BCUT2D eigenvalue weighted by molar-refractivity contribution is -0.138. The van der Waals surface area contributed by atoms with Crippen molar-refractivity contribution in [2.24, 2.45) is 5.41 Å². The zero-order valence-electron chi connectivity index (χ0n) is 12.9. The number of carbonyl (C=O) groups is 1. The minimum absolute atomic E-state index is 0.0408. The third kappa shape index (κ3) is 4.38. The molecular formula is C17H26O2. The van der Waals surface area contributed by atoms with Gasteiger partial charge in [0, 0.05) is 0 Å². The van der Waals surface area contributed by atoms with Crippen LogP contribution in [0.15, 0.2) is 24.3 Å². The summed E-state index contributed by atoms with van der Waals surface area (Å²) in [5, 5.41) is 9.09. The highest BCUT2D eigenvalue weighted by Gasteiger charge is 2.28. The van der Waals surface area contributed by atoms with Crippen molar-refractivity contribution < 1.29 is 9.90 Å². The molecule has 0 heterocycles. The van der Waals surface area contributed by atoms with Gasteiger partial charge in [-0.05, 0) is 27.9 Å². The lowest BCUT2D eigenvalue weighted by atomic mass is 9.74. The molecule has 1 aromatic carbocycles. The van der Waals surface area contributed by atoms with Gasteiger partial charge in [-0.3, -0.25) is 4.79 Å². The number of carboxylic acid groups (broad SMARTS) is 1. The first-order chi connectivity index (χ1) is 8.51. The molecule has 1 rings (SSSR count). The summed E-state index contributed by atoms with van der Waals surface area (Å²) in [7, 11) is 0. The van der Waals surface area contributed by atoms with E-state index in [9.17, 15) is 4.79 Å². The molecule has 106 valence electrons. The second-order valence-electron chi connectivity index (χ2n) is 7.39. The maximum absolute atomic E-state index is 11.1. The number of benzene rings is 1. The third-order valence-electron chi connectivity index (χ3n) is 3.60. The Bertz CT molecular complexity index is 430. The third-order valence-corrected chi connectivity index (χ3v) is 3.60. The lowest BCUT2D eigenvalue weighted by Crippen LogP contribution is -2.21. The standard InChI is InChI=1S/C17H26O2/c1-16(2,3)13-9-7-12(8-10-13)14(11-15(18)19)17(4,5)6/h7-10,14H,11H2,1-6H3,(H,18,19). The first kappa shape index (κ1) is 15.7. The molecule has 0 amide bonds. The summed E-state index contributed by atoms with van der Waals surface area (Å²) >= 11 is 0. The van der Waals surface area contributed by atoms with Crippen molar-refractivity contribution in [3.63, 3.8) is 0 Å². The highest BCUT2D eigenvalue weighted by Crippen LogP contribution is 2.38. The summed E-state index contributed by atoms with van der Waals surface area (Å²) < 4.78 is 0. The van der Waals surface area contributed by atoms with Gasteiger partial charge in [-0.2, -0.15) is 0 Å². The topological polar surface area (TPSA) is 37.3 Å². The van der Waals surface area contributed by atoms with Crippen LogP contribution >= 0.6 is 0 Å². The minimum Gasteiger partial charge on any atom is -0.481 e. The predicted octanol–water partition coefficient (Wildman–Crippen LogP) is 4.59. The van der Waals surface area contributed by atoms with E-state index in [4.69, 9.17) is 5.11 Å². The Morgan fingerprint density at radius 3 is 1.84 bits per heavy atom. The van der Waals surface area contributed by atoms with Crippen molar-refractivity contribution >= 4 is 5.97 Å². The summed E-state index contributed by atoms with van der Waals surface area (Å²) in [6.45, 7) is 12.8. The molecule has 0 saturated carbocycles. The molecular weight excluding hydrogens is 236 g/mol. The molecule has 0 aliphatic carbocycles. The van der Waals surface area contributed by atoms with E-state index in [1.807, 2.05) is 0 Å². The summed E-state index contributed by atoms with van der Waals surface area (Å²) in [4.78, 5) is 11.1. The summed E-state index contributed by atoms with van der Waals surface area (Å²) in [5.74, 6) is -0.696. The van der Waals surface area contributed by atoms with Crippen LogP contribution in [-0.2, 0) is 10.2 Å². The van der Waals surface area contributed by atoms with Crippen LogP contribution in [-0.4, -0.2) is 11.1 Å². The van der Waals surface area contributed by atoms with E-state index in [0.29, 0.717) is 0 Å². The number of carboxylic acids is 1. The monoisotopic (exact) mass is 262 g/mol. The van der Waals surface area contributed by atoms with Crippen LogP contribution in [0.5, 0.6) is 0 Å². The second-order valence-corrected chi connectivity index (χ2v) is 7.39. The van der Waals surface area contributed by atoms with Gasteiger partial charge < -0.3 is 5.11 Å². The average molecular weight is 262 g/mol. The second kappa shape index (κ2) is 5.36. The molecule has 1 N–H and O–H groups in total. The normalized spacial score (nSPS) is 14.2. The van der Waals surface area contributed by atoms with Crippen LogP contribution in [0, 0.1) is 5.41 Å². The first-order valence-corrected chi connectivity index (χ1v) is 6.84. The Hall–Kier alpha value is -1.31. The Kier molecular flexibility index (Phi) is 4.44. The fourth-order valence-electron chi connectivity index (χ4n) is 2.31. The van der Waals surface area contributed by atoms with E-state index >= 15 is 0 Å². The van der Waals surface area contributed by atoms with Crippen LogP contribution in [0.3, 0.4) is 0 Å². The predicted molar refractivity (Wildman–Crippen MR) is 79.6 cm³/mol. The largest absolute Gasteiger partial charge is 0.481 e. The summed E-state index contributed by atoms with van der Waals surface area (Å²) in [6, 6.07) is 8.41. The highest BCUT2D eigenvalue weighted by molar-refractivity contribution is 5.68. The Balaban J connectivity index is 3.08. The molecule has 1 atom stereocenters. The fourth-order valence-corrected chi connectivity index (χ4v) is 2.31. The Morgan fingerprint density at radius 2 is 1.53 bits per heavy atom. The van der Waals surface area contributed by atoms with Gasteiger partial charge >= 0.3 is 5.97 Å². The zero-order chi connectivity index (χ0) is 14.8. The lowest BCUT2D eigenvalue weighted by Gasteiger charge is -2.30. The molecule has 0 bridgehead atoms. The highest BCUT2D eigenvalue weighted by atomic mass is 16.4. The molecule has 2 nitrogen and oxygen atoms in total. The van der Waals surface area contributed by atoms with E-state index in [1.54, 1.807) is 0 Å². The van der Waals surface area contributed by atoms with Crippen LogP contribution in [0.25, 0.3) is 0 Å². The molecule has 0 aromatic heterocycles. The molecule has 0 fully saturated rings. The van der Waals surface area contributed by atoms with Gasteiger partial charge in [-0.25, -0.2) is 0 Å². The molecule has 1 aromatic rings. The van der Waals surface area contributed by atoms with Gasteiger partial charge in [-0.1, -0.05) is 65.8 Å². The summed E-state index contributed by atoms with van der Waals surface area (Å²) in [5.41, 5.74) is 2.46. The molecule has 0 aliphatic heterocycles. The maximum Gasteiger partial charge on any atom is 0.303 e. The molecule has 0 radical (unpaired) electrons. The molecule has 19 heavy (non-hydrogen) atoms. The summed E-state index contributed by atoms with van der Waals surface area (Å²) in [6.07, 6.45) is 0.179. The van der Waals surface area contributed by atoms with E-state index in [1.165, 1.54) is 5.56 Å². The first-order valence-electron chi connectivity index (χ1n) is 6.84. The molecule has 0 spiro atoms. The Morgan fingerprint density at radius 1 is 1.05 bits per heavy atom. The Labute approximate surface area is 116 Å². The molecule has 1 unspecified atom stereocenters. The number of aliphatic carboxylic acids is 1. The number of hydrogen-bond acceptors (Lipinski definition) is 1. The number of hydrogen-bond donors (Lipinski definition) is 1. The van der Waals surface area contributed by atoms with Crippen LogP contribution in [0.4, 0.5) is 0 Å². The van der Waals surface area contributed by atoms with Gasteiger partial charge in [-0.15, -0.1) is 0 Å². The van der Waals surface area contributed by atoms with Gasteiger partial charge in [0.25, 0.3) is 0 Å². The van der Waals surface area contributed by atoms with Crippen molar-refractivity contribution in [3.8, 4) is 0 Å². The maximum atomic E-state index is 11.1. The van der Waals surface area contributed by atoms with Crippen molar-refractivity contribution in [2.75, 3.05) is 0 Å². The van der Waals surface area contributed by atoms with Crippen molar-refractivity contribution in [1.82, 2.24) is 0 Å². The average Bonchev–Trinajstić information content (AvgIpc) is 2.23. The molecule has 0 saturated heterocycles.